The molecule has 47 heavy (non-hydrogen) atoms. The molecule has 0 amide bonds. The Morgan fingerprint density at radius 3 is 1.06 bits per heavy atom. The van der Waals surface area contributed by atoms with Crippen LogP contribution in [0.25, 0.3) is 0 Å². The maximum absolute atomic E-state index is 6.67. The van der Waals surface area contributed by atoms with Crippen molar-refractivity contribution in [2.45, 2.75) is 0 Å². The summed E-state index contributed by atoms with van der Waals surface area (Å²) in [6.07, 6.45) is 0. The van der Waals surface area contributed by atoms with E-state index < -0.39 is 23.0 Å². The van der Waals surface area contributed by atoms with Gasteiger partial charge in [0.15, 0.2) is 0 Å². The topological polar surface area (TPSA) is 120 Å². The van der Waals surface area contributed by atoms with Crippen LogP contribution in [-0.2, 0) is 23.3 Å². The van der Waals surface area contributed by atoms with E-state index >= 15 is 0 Å². The Balaban J connectivity index is 1.58. The molecule has 0 saturated heterocycles. The van der Waals surface area contributed by atoms with Crippen molar-refractivity contribution in [1.82, 2.24) is 0 Å². The standard InChI is InChI=1S/C32H36N3O9P3/c1-5-13-29(14-6-1)41-45-33-46(42-30-15-7-2-8-16-30,40-28-26-38-24-22-36-21-23-37-25-27-39-45)35-47(34-45,43-31-17-9-3-10-18-31)44-32-19-11-4-12-20-32/h1-20H,21-28H2. The molecule has 0 aliphatic carbocycles. The number of nitrogens with zero attached hydrogens (tertiary/aromatic N) is 3. The summed E-state index contributed by atoms with van der Waals surface area (Å²) in [6.45, 7) is 2.19. The predicted molar refractivity (Wildman–Crippen MR) is 181 cm³/mol. The summed E-state index contributed by atoms with van der Waals surface area (Å²) in [7, 11) is -11.3. The lowest BCUT2D eigenvalue weighted by molar-refractivity contribution is 0.00458. The van der Waals surface area contributed by atoms with Crippen molar-refractivity contribution in [1.29, 1.82) is 0 Å². The molecule has 248 valence electrons. The molecule has 0 spiro atoms. The Morgan fingerprint density at radius 1 is 0.362 bits per heavy atom. The van der Waals surface area contributed by atoms with Gasteiger partial charge in [-0.2, -0.15) is 0 Å². The van der Waals surface area contributed by atoms with Gasteiger partial charge >= 0.3 is 23.0 Å². The normalized spacial score (nSPS) is 23.5. The van der Waals surface area contributed by atoms with Crippen LogP contribution in [0.3, 0.4) is 0 Å². The smallest absolute Gasteiger partial charge is 0.422 e. The third kappa shape index (κ3) is 9.80. The quantitative estimate of drug-likeness (QED) is 0.166. The van der Waals surface area contributed by atoms with Crippen molar-refractivity contribution < 1.29 is 41.4 Å². The number of para-hydroxylation sites is 4. The molecule has 0 saturated carbocycles. The number of ether oxygens (including phenoxy) is 3. The minimum Gasteiger partial charge on any atom is -0.422 e. The summed E-state index contributed by atoms with van der Waals surface area (Å²) in [5, 5.41) is 0. The number of hydrogen-bond donors (Lipinski definition) is 0. The lowest BCUT2D eigenvalue weighted by Gasteiger charge is -2.33. The minimum absolute atomic E-state index is 0.0821. The second kappa shape index (κ2) is 16.6. The summed E-state index contributed by atoms with van der Waals surface area (Å²) in [5.74, 6) is 1.88. The van der Waals surface area contributed by atoms with Gasteiger partial charge in [0.1, 0.15) is 23.0 Å². The average Bonchev–Trinajstić information content (AvgIpc) is 3.08. The van der Waals surface area contributed by atoms with Crippen LogP contribution in [0.15, 0.2) is 135 Å². The van der Waals surface area contributed by atoms with E-state index in [4.69, 9.17) is 54.9 Å². The highest BCUT2D eigenvalue weighted by Crippen LogP contribution is 2.79. The second-order valence-electron chi connectivity index (χ2n) is 9.86. The van der Waals surface area contributed by atoms with Crippen LogP contribution in [0.4, 0.5) is 0 Å². The predicted octanol–water partition coefficient (Wildman–Crippen LogP) is 9.25. The van der Waals surface area contributed by atoms with Crippen molar-refractivity contribution in [3.05, 3.63) is 121 Å². The van der Waals surface area contributed by atoms with Crippen molar-refractivity contribution in [3.63, 3.8) is 0 Å². The molecule has 2 heterocycles. The zero-order valence-corrected chi connectivity index (χ0v) is 28.2. The zero-order valence-electron chi connectivity index (χ0n) is 25.6. The molecular weight excluding hydrogens is 663 g/mol. The van der Waals surface area contributed by atoms with Crippen LogP contribution >= 0.6 is 23.0 Å². The van der Waals surface area contributed by atoms with E-state index in [1.807, 2.05) is 72.8 Å². The minimum atomic E-state index is -3.80. The molecule has 4 aromatic carbocycles. The molecule has 12 nitrogen and oxygen atoms in total. The van der Waals surface area contributed by atoms with Gasteiger partial charge in [0, 0.05) is 0 Å². The number of fused-ring (bicyclic) bond motifs is 1. The molecule has 2 atom stereocenters. The highest BCUT2D eigenvalue weighted by molar-refractivity contribution is 7.78. The first kappa shape index (κ1) is 33.5. The largest absolute Gasteiger partial charge is 0.459 e. The summed E-state index contributed by atoms with van der Waals surface area (Å²) < 4.78 is 72.1. The lowest BCUT2D eigenvalue weighted by Crippen LogP contribution is -2.15. The van der Waals surface area contributed by atoms with Crippen molar-refractivity contribution >= 4 is 23.0 Å². The third-order valence-electron chi connectivity index (χ3n) is 6.27. The average molecular weight is 700 g/mol. The van der Waals surface area contributed by atoms with E-state index in [0.29, 0.717) is 49.4 Å². The Labute approximate surface area is 274 Å². The summed E-state index contributed by atoms with van der Waals surface area (Å²) in [4.78, 5) is 0. The Kier molecular flexibility index (Phi) is 11.8. The first-order chi connectivity index (χ1) is 23.1. The van der Waals surface area contributed by atoms with Crippen LogP contribution in [0.5, 0.6) is 23.0 Å². The van der Waals surface area contributed by atoms with Gasteiger partial charge in [-0.05, 0) is 48.5 Å². The Morgan fingerprint density at radius 2 is 0.681 bits per heavy atom. The molecule has 0 N–H and O–H groups in total. The van der Waals surface area contributed by atoms with E-state index in [1.54, 1.807) is 48.5 Å². The van der Waals surface area contributed by atoms with Crippen molar-refractivity contribution in [2.24, 2.45) is 13.5 Å². The fourth-order valence-electron chi connectivity index (χ4n) is 4.25. The van der Waals surface area contributed by atoms with E-state index in [1.165, 1.54) is 0 Å². The van der Waals surface area contributed by atoms with Gasteiger partial charge in [-0.1, -0.05) is 72.8 Å². The first-order valence-corrected chi connectivity index (χ1v) is 19.7. The monoisotopic (exact) mass is 699 g/mol. The van der Waals surface area contributed by atoms with Gasteiger partial charge in [0.2, 0.25) is 0 Å². The molecule has 2 aliphatic heterocycles. The van der Waals surface area contributed by atoms with E-state index in [0.717, 1.165) is 0 Å². The molecular formula is C32H36N3O9P3. The maximum Gasteiger partial charge on any atom is 0.459 e. The van der Waals surface area contributed by atoms with Gasteiger partial charge < -0.3 is 32.3 Å². The molecule has 6 rings (SSSR count). The number of benzene rings is 4. The zero-order chi connectivity index (χ0) is 32.1. The molecule has 2 unspecified atom stereocenters. The molecule has 0 aromatic heterocycles. The van der Waals surface area contributed by atoms with Crippen LogP contribution in [0, 0.1) is 0 Å². The van der Waals surface area contributed by atoms with Crippen LogP contribution in [0.2, 0.25) is 0 Å². The first-order valence-electron chi connectivity index (χ1n) is 15.1. The van der Waals surface area contributed by atoms with E-state index in [9.17, 15) is 0 Å². The fourth-order valence-corrected chi connectivity index (χ4v) is 13.4. The lowest BCUT2D eigenvalue weighted by atomic mass is 10.3. The number of rotatable bonds is 8. The van der Waals surface area contributed by atoms with Gasteiger partial charge in [0.05, 0.1) is 52.9 Å². The van der Waals surface area contributed by atoms with Crippen LogP contribution in [-0.4, -0.2) is 52.9 Å². The fraction of sp³-hybridized carbons (Fsp3) is 0.250. The van der Waals surface area contributed by atoms with E-state index in [2.05, 4.69) is 0 Å². The summed E-state index contributed by atoms with van der Waals surface area (Å²) in [6, 6.07) is 36.7. The van der Waals surface area contributed by atoms with Crippen molar-refractivity contribution in [3.8, 4) is 23.0 Å². The van der Waals surface area contributed by atoms with Gasteiger partial charge in [-0.3, -0.25) is 9.05 Å². The molecule has 15 heteroatoms. The molecule has 2 aliphatic rings. The Bertz CT molecular complexity index is 1610. The molecule has 0 fully saturated rings. The Hall–Kier alpha value is -3.43. The van der Waals surface area contributed by atoms with Gasteiger partial charge in [-0.25, -0.2) is 0 Å². The van der Waals surface area contributed by atoms with Crippen molar-refractivity contribution in [2.75, 3.05) is 52.9 Å². The summed E-state index contributed by atoms with van der Waals surface area (Å²) >= 11 is 0. The summed E-state index contributed by atoms with van der Waals surface area (Å²) in [5.41, 5.74) is 0. The van der Waals surface area contributed by atoms with Crippen LogP contribution < -0.4 is 18.1 Å². The molecule has 4 aromatic rings. The van der Waals surface area contributed by atoms with Gasteiger partial charge in [-0.15, -0.1) is 13.5 Å². The maximum atomic E-state index is 6.67. The third-order valence-corrected chi connectivity index (χ3v) is 14.5. The highest BCUT2D eigenvalue weighted by Gasteiger charge is 2.47. The van der Waals surface area contributed by atoms with Gasteiger partial charge in [0.25, 0.3) is 0 Å². The molecule has 0 radical (unpaired) electrons. The van der Waals surface area contributed by atoms with Crippen LogP contribution in [0.1, 0.15) is 0 Å². The molecule has 2 bridgehead atoms. The number of hydrogen-bond acceptors (Lipinski definition) is 12. The van der Waals surface area contributed by atoms with E-state index in [-0.39, 0.29) is 26.4 Å². The highest BCUT2D eigenvalue weighted by atomic mass is 31.3. The SMILES string of the molecule is c1ccc(OP23=NP(Oc4ccccc4)(=NP(Oc4ccccc4)(Oc4ccccc4)=N2)OCCOCCOCCOCCO3)cc1. The second-order valence-corrected chi connectivity index (χ2v) is 16.2.